The van der Waals surface area contributed by atoms with Crippen LogP contribution in [0.1, 0.15) is 49.9 Å². The minimum Gasteiger partial charge on any atom is -0.463 e. The SMILES string of the molecule is CCCCC(CC)C(=O)OCCOCCOCCOCCOCCOC(=O)C(=O)c1ccccc1. The monoisotopic (exact) mass is 496 g/mol. The summed E-state index contributed by atoms with van der Waals surface area (Å²) < 4.78 is 31.6. The predicted octanol–water partition coefficient (Wildman–Crippen LogP) is 3.24. The van der Waals surface area contributed by atoms with Gasteiger partial charge in [0.15, 0.2) is 0 Å². The first-order valence-corrected chi connectivity index (χ1v) is 12.3. The fourth-order valence-electron chi connectivity index (χ4n) is 2.99. The molecule has 0 aliphatic rings. The molecule has 0 aliphatic heterocycles. The summed E-state index contributed by atoms with van der Waals surface area (Å²) in [6.45, 7) is 7.29. The van der Waals surface area contributed by atoms with E-state index in [1.807, 2.05) is 6.92 Å². The van der Waals surface area contributed by atoms with E-state index in [0.29, 0.717) is 51.8 Å². The number of benzene rings is 1. The van der Waals surface area contributed by atoms with Crippen molar-refractivity contribution >= 4 is 17.7 Å². The molecule has 0 bridgehead atoms. The first kappa shape index (κ1) is 30.7. The first-order chi connectivity index (χ1) is 17.1. The minimum absolute atomic E-state index is 0.00222. The van der Waals surface area contributed by atoms with Crippen LogP contribution < -0.4 is 0 Å². The predicted molar refractivity (Wildman–Crippen MR) is 129 cm³/mol. The van der Waals surface area contributed by atoms with Crippen LogP contribution in [-0.2, 0) is 38.0 Å². The third-order valence-corrected chi connectivity index (χ3v) is 5.00. The van der Waals surface area contributed by atoms with E-state index < -0.39 is 11.8 Å². The quantitative estimate of drug-likeness (QED) is 0.103. The summed E-state index contributed by atoms with van der Waals surface area (Å²) in [7, 11) is 0. The van der Waals surface area contributed by atoms with Crippen molar-refractivity contribution in [1.29, 1.82) is 0 Å². The maximum atomic E-state index is 12.0. The van der Waals surface area contributed by atoms with Crippen molar-refractivity contribution in [2.45, 2.75) is 39.5 Å². The van der Waals surface area contributed by atoms with Gasteiger partial charge in [-0.1, -0.05) is 57.0 Å². The number of hydrogen-bond acceptors (Lipinski definition) is 9. The van der Waals surface area contributed by atoms with Crippen LogP contribution in [0.5, 0.6) is 0 Å². The van der Waals surface area contributed by atoms with E-state index in [1.54, 1.807) is 30.3 Å². The molecule has 0 spiro atoms. The van der Waals surface area contributed by atoms with Crippen molar-refractivity contribution in [3.63, 3.8) is 0 Å². The van der Waals surface area contributed by atoms with Crippen LogP contribution in [0.2, 0.25) is 0 Å². The molecule has 9 nitrogen and oxygen atoms in total. The highest BCUT2D eigenvalue weighted by Crippen LogP contribution is 2.14. The topological polar surface area (TPSA) is 107 Å². The van der Waals surface area contributed by atoms with Crippen molar-refractivity contribution in [2.75, 3.05) is 66.1 Å². The molecule has 0 aliphatic carbocycles. The Labute approximate surface area is 208 Å². The molecular weight excluding hydrogens is 456 g/mol. The van der Waals surface area contributed by atoms with E-state index in [-0.39, 0.29) is 31.7 Å². The van der Waals surface area contributed by atoms with Crippen LogP contribution >= 0.6 is 0 Å². The highest BCUT2D eigenvalue weighted by Gasteiger charge is 2.17. The summed E-state index contributed by atoms with van der Waals surface area (Å²) in [6, 6.07) is 8.25. The van der Waals surface area contributed by atoms with E-state index >= 15 is 0 Å². The van der Waals surface area contributed by atoms with Gasteiger partial charge in [-0.05, 0) is 12.8 Å². The zero-order valence-electron chi connectivity index (χ0n) is 21.0. The van der Waals surface area contributed by atoms with E-state index in [2.05, 4.69) is 6.92 Å². The van der Waals surface area contributed by atoms with Crippen molar-refractivity contribution in [3.8, 4) is 0 Å². The zero-order valence-corrected chi connectivity index (χ0v) is 21.0. The lowest BCUT2D eigenvalue weighted by Crippen LogP contribution is -2.20. The van der Waals surface area contributed by atoms with E-state index in [1.165, 1.54) is 0 Å². The van der Waals surface area contributed by atoms with Gasteiger partial charge in [0.2, 0.25) is 0 Å². The average molecular weight is 497 g/mol. The van der Waals surface area contributed by atoms with Gasteiger partial charge in [0.05, 0.1) is 58.8 Å². The van der Waals surface area contributed by atoms with Gasteiger partial charge in [0, 0.05) is 5.56 Å². The summed E-state index contributed by atoms with van der Waals surface area (Å²) >= 11 is 0. The molecule has 198 valence electrons. The van der Waals surface area contributed by atoms with Crippen molar-refractivity contribution < 1.29 is 42.8 Å². The number of ether oxygens (including phenoxy) is 6. The van der Waals surface area contributed by atoms with Gasteiger partial charge in [-0.15, -0.1) is 0 Å². The van der Waals surface area contributed by atoms with Crippen LogP contribution in [0.3, 0.4) is 0 Å². The number of hydrogen-bond donors (Lipinski definition) is 0. The molecule has 1 unspecified atom stereocenters. The minimum atomic E-state index is -0.897. The van der Waals surface area contributed by atoms with Crippen LogP contribution in [0.15, 0.2) is 30.3 Å². The van der Waals surface area contributed by atoms with Gasteiger partial charge in [-0.2, -0.15) is 0 Å². The van der Waals surface area contributed by atoms with Gasteiger partial charge in [0.25, 0.3) is 5.78 Å². The number of carbonyl (C=O) groups excluding carboxylic acids is 3. The molecule has 1 aromatic carbocycles. The maximum Gasteiger partial charge on any atom is 0.379 e. The zero-order chi connectivity index (χ0) is 25.6. The van der Waals surface area contributed by atoms with Gasteiger partial charge >= 0.3 is 11.9 Å². The molecule has 0 radical (unpaired) electrons. The second-order valence-electron chi connectivity index (χ2n) is 7.70. The van der Waals surface area contributed by atoms with E-state index in [0.717, 1.165) is 25.7 Å². The van der Waals surface area contributed by atoms with Crippen LogP contribution in [0.4, 0.5) is 0 Å². The van der Waals surface area contributed by atoms with Gasteiger partial charge in [0.1, 0.15) is 13.2 Å². The summed E-state index contributed by atoms with van der Waals surface area (Å²) in [4.78, 5) is 35.5. The Kier molecular flexibility index (Phi) is 18.4. The summed E-state index contributed by atoms with van der Waals surface area (Å²) in [5.74, 6) is -1.73. The van der Waals surface area contributed by atoms with Gasteiger partial charge in [-0.3, -0.25) is 9.59 Å². The molecule has 0 saturated carbocycles. The Hall–Kier alpha value is -2.33. The second kappa shape index (κ2) is 21.0. The Balaban J connectivity index is 1.84. The Morgan fingerprint density at radius 3 is 1.66 bits per heavy atom. The number of rotatable bonds is 22. The fourth-order valence-corrected chi connectivity index (χ4v) is 2.99. The lowest BCUT2D eigenvalue weighted by atomic mass is 10.00. The number of ketones is 1. The van der Waals surface area contributed by atoms with E-state index in [9.17, 15) is 14.4 Å². The van der Waals surface area contributed by atoms with Crippen molar-refractivity contribution in [2.24, 2.45) is 5.92 Å². The smallest absolute Gasteiger partial charge is 0.379 e. The third kappa shape index (κ3) is 15.3. The molecular formula is C26H40O9. The number of unbranched alkanes of at least 4 members (excludes halogenated alkanes) is 1. The molecule has 1 rings (SSSR count). The molecule has 0 saturated heterocycles. The summed E-state index contributed by atoms with van der Waals surface area (Å²) in [6.07, 6.45) is 3.79. The molecule has 0 amide bonds. The Morgan fingerprint density at radius 2 is 1.17 bits per heavy atom. The summed E-state index contributed by atoms with van der Waals surface area (Å²) in [5, 5.41) is 0. The number of Topliss-reactive ketones (excluding diaryl/α,β-unsaturated/α-hetero) is 1. The lowest BCUT2D eigenvalue weighted by Gasteiger charge is -2.13. The largest absolute Gasteiger partial charge is 0.463 e. The molecule has 0 heterocycles. The maximum absolute atomic E-state index is 12.0. The van der Waals surface area contributed by atoms with Crippen molar-refractivity contribution in [1.82, 2.24) is 0 Å². The Morgan fingerprint density at radius 1 is 0.686 bits per heavy atom. The molecule has 35 heavy (non-hydrogen) atoms. The highest BCUT2D eigenvalue weighted by molar-refractivity contribution is 6.40. The molecule has 9 heteroatoms. The van der Waals surface area contributed by atoms with Crippen LogP contribution in [0.25, 0.3) is 0 Å². The highest BCUT2D eigenvalue weighted by atomic mass is 16.6. The van der Waals surface area contributed by atoms with Crippen LogP contribution in [0, 0.1) is 5.92 Å². The number of esters is 2. The molecule has 0 N–H and O–H groups in total. The first-order valence-electron chi connectivity index (χ1n) is 12.3. The second-order valence-corrected chi connectivity index (χ2v) is 7.70. The number of carbonyl (C=O) groups is 3. The normalized spacial score (nSPS) is 11.7. The molecule has 1 aromatic rings. The van der Waals surface area contributed by atoms with Crippen molar-refractivity contribution in [3.05, 3.63) is 35.9 Å². The summed E-state index contributed by atoms with van der Waals surface area (Å²) in [5.41, 5.74) is 0.296. The standard InChI is InChI=1S/C26H40O9/c1-3-5-9-22(4-2)25(28)34-20-18-32-16-14-30-12-13-31-15-17-33-19-21-35-26(29)24(27)23-10-7-6-8-11-23/h6-8,10-11,22H,3-5,9,12-21H2,1-2H3. The lowest BCUT2D eigenvalue weighted by molar-refractivity contribution is -0.150. The molecule has 0 aromatic heterocycles. The van der Waals surface area contributed by atoms with Gasteiger partial charge in [-0.25, -0.2) is 4.79 Å². The molecule has 1 atom stereocenters. The average Bonchev–Trinajstić information content (AvgIpc) is 2.88. The molecule has 0 fully saturated rings. The fraction of sp³-hybridized carbons (Fsp3) is 0.654. The van der Waals surface area contributed by atoms with E-state index in [4.69, 9.17) is 28.4 Å². The third-order valence-electron chi connectivity index (χ3n) is 5.00. The Bertz CT molecular complexity index is 693. The van der Waals surface area contributed by atoms with Gasteiger partial charge < -0.3 is 28.4 Å². The van der Waals surface area contributed by atoms with Crippen LogP contribution in [-0.4, -0.2) is 83.8 Å².